The molecule has 2 heterocycles. The first-order valence-corrected chi connectivity index (χ1v) is 6.31. The molecule has 0 amide bonds. The maximum atomic E-state index is 5.73. The fourth-order valence-electron chi connectivity index (χ4n) is 2.13. The standard InChI is InChI=1S/C12H22N4O/c1-3-16-6-7-17-12(10-16)9-13-8-11-4-5-14-15(11)2/h4-5,12-13H,3,6-10H2,1-2H3. The molecule has 1 fully saturated rings. The zero-order valence-corrected chi connectivity index (χ0v) is 10.7. The average molecular weight is 238 g/mol. The molecule has 1 unspecified atom stereocenters. The topological polar surface area (TPSA) is 42.3 Å². The summed E-state index contributed by atoms with van der Waals surface area (Å²) in [6.07, 6.45) is 2.14. The molecule has 0 aromatic carbocycles. The molecular weight excluding hydrogens is 216 g/mol. The predicted molar refractivity (Wildman–Crippen MR) is 66.8 cm³/mol. The molecule has 2 rings (SSSR count). The zero-order valence-electron chi connectivity index (χ0n) is 10.7. The molecule has 0 radical (unpaired) electrons. The van der Waals surface area contributed by atoms with E-state index >= 15 is 0 Å². The minimum Gasteiger partial charge on any atom is -0.374 e. The molecule has 1 N–H and O–H groups in total. The summed E-state index contributed by atoms with van der Waals surface area (Å²) in [5, 5.41) is 7.58. The van der Waals surface area contributed by atoms with Gasteiger partial charge in [0.1, 0.15) is 0 Å². The minimum absolute atomic E-state index is 0.317. The van der Waals surface area contributed by atoms with Crippen molar-refractivity contribution in [3.8, 4) is 0 Å². The van der Waals surface area contributed by atoms with Crippen molar-refractivity contribution in [1.82, 2.24) is 20.0 Å². The Hall–Kier alpha value is -0.910. The molecule has 1 saturated heterocycles. The Bertz CT molecular complexity index is 339. The first-order valence-electron chi connectivity index (χ1n) is 6.31. The van der Waals surface area contributed by atoms with Gasteiger partial charge in [-0.1, -0.05) is 6.92 Å². The highest BCUT2D eigenvalue weighted by molar-refractivity contribution is 4.99. The normalized spacial score (nSPS) is 21.9. The van der Waals surface area contributed by atoms with Crippen LogP contribution in [0, 0.1) is 0 Å². The number of nitrogens with one attached hydrogen (secondary N) is 1. The van der Waals surface area contributed by atoms with Gasteiger partial charge in [-0.15, -0.1) is 0 Å². The Morgan fingerprint density at radius 3 is 3.18 bits per heavy atom. The average Bonchev–Trinajstić information content (AvgIpc) is 2.76. The van der Waals surface area contributed by atoms with E-state index in [-0.39, 0.29) is 0 Å². The quantitative estimate of drug-likeness (QED) is 0.797. The third-order valence-electron chi connectivity index (χ3n) is 3.27. The highest BCUT2D eigenvalue weighted by Crippen LogP contribution is 2.04. The summed E-state index contributed by atoms with van der Waals surface area (Å²) < 4.78 is 7.63. The van der Waals surface area contributed by atoms with E-state index in [1.807, 2.05) is 24.0 Å². The van der Waals surface area contributed by atoms with Crippen LogP contribution >= 0.6 is 0 Å². The van der Waals surface area contributed by atoms with Crippen molar-refractivity contribution >= 4 is 0 Å². The number of hydrogen-bond donors (Lipinski definition) is 1. The van der Waals surface area contributed by atoms with Crippen LogP contribution in [-0.4, -0.2) is 53.6 Å². The predicted octanol–water partition coefficient (Wildman–Crippen LogP) is 0.230. The van der Waals surface area contributed by atoms with E-state index in [1.165, 1.54) is 5.69 Å². The summed E-state index contributed by atoms with van der Waals surface area (Å²) in [7, 11) is 1.97. The van der Waals surface area contributed by atoms with Crippen LogP contribution in [0.15, 0.2) is 12.3 Å². The smallest absolute Gasteiger partial charge is 0.0826 e. The second-order valence-corrected chi connectivity index (χ2v) is 4.46. The molecule has 17 heavy (non-hydrogen) atoms. The van der Waals surface area contributed by atoms with Crippen molar-refractivity contribution in [1.29, 1.82) is 0 Å². The van der Waals surface area contributed by atoms with Crippen LogP contribution < -0.4 is 5.32 Å². The number of morpholine rings is 1. The lowest BCUT2D eigenvalue weighted by Gasteiger charge is -2.32. The summed E-state index contributed by atoms with van der Waals surface area (Å²) in [6.45, 7) is 8.02. The van der Waals surface area contributed by atoms with Gasteiger partial charge in [-0.2, -0.15) is 5.10 Å². The summed E-state index contributed by atoms with van der Waals surface area (Å²) in [6, 6.07) is 2.03. The van der Waals surface area contributed by atoms with E-state index in [9.17, 15) is 0 Å². The van der Waals surface area contributed by atoms with Gasteiger partial charge in [0.15, 0.2) is 0 Å². The van der Waals surface area contributed by atoms with E-state index in [1.54, 1.807) is 0 Å². The Morgan fingerprint density at radius 2 is 2.47 bits per heavy atom. The maximum Gasteiger partial charge on any atom is 0.0826 e. The van der Waals surface area contributed by atoms with Crippen molar-refractivity contribution in [2.24, 2.45) is 7.05 Å². The molecule has 0 bridgehead atoms. The van der Waals surface area contributed by atoms with Crippen LogP contribution in [0.25, 0.3) is 0 Å². The van der Waals surface area contributed by atoms with Crippen molar-refractivity contribution in [2.75, 3.05) is 32.8 Å². The van der Waals surface area contributed by atoms with Crippen molar-refractivity contribution in [2.45, 2.75) is 19.6 Å². The molecule has 1 aliphatic rings. The van der Waals surface area contributed by atoms with Crippen LogP contribution in [0.2, 0.25) is 0 Å². The lowest BCUT2D eigenvalue weighted by Crippen LogP contribution is -2.46. The molecule has 0 aliphatic carbocycles. The van der Waals surface area contributed by atoms with Gasteiger partial charge >= 0.3 is 0 Å². The van der Waals surface area contributed by atoms with Gasteiger partial charge in [0.05, 0.1) is 18.4 Å². The molecule has 5 heteroatoms. The fourth-order valence-corrected chi connectivity index (χ4v) is 2.13. The number of likely N-dealkylation sites (N-methyl/N-ethyl adjacent to an activating group) is 1. The van der Waals surface area contributed by atoms with Gasteiger partial charge in [-0.3, -0.25) is 9.58 Å². The van der Waals surface area contributed by atoms with Crippen LogP contribution in [0.1, 0.15) is 12.6 Å². The van der Waals surface area contributed by atoms with E-state index in [0.717, 1.165) is 39.3 Å². The monoisotopic (exact) mass is 238 g/mol. The molecule has 5 nitrogen and oxygen atoms in total. The number of aromatic nitrogens is 2. The van der Waals surface area contributed by atoms with Crippen LogP contribution in [0.3, 0.4) is 0 Å². The summed E-state index contributed by atoms with van der Waals surface area (Å²) >= 11 is 0. The second-order valence-electron chi connectivity index (χ2n) is 4.46. The summed E-state index contributed by atoms with van der Waals surface area (Å²) in [5.41, 5.74) is 1.20. The van der Waals surface area contributed by atoms with E-state index < -0.39 is 0 Å². The number of rotatable bonds is 5. The van der Waals surface area contributed by atoms with Gasteiger partial charge in [0.2, 0.25) is 0 Å². The van der Waals surface area contributed by atoms with Gasteiger partial charge in [0.25, 0.3) is 0 Å². The first kappa shape index (κ1) is 12.5. The number of aryl methyl sites for hydroxylation is 1. The highest BCUT2D eigenvalue weighted by atomic mass is 16.5. The van der Waals surface area contributed by atoms with Crippen LogP contribution in [0.4, 0.5) is 0 Å². The lowest BCUT2D eigenvalue weighted by atomic mass is 10.2. The molecular formula is C12H22N4O. The zero-order chi connectivity index (χ0) is 12.1. The number of ether oxygens (including phenoxy) is 1. The van der Waals surface area contributed by atoms with Crippen molar-refractivity contribution in [3.63, 3.8) is 0 Å². The van der Waals surface area contributed by atoms with E-state index in [0.29, 0.717) is 6.10 Å². The second kappa shape index (κ2) is 6.14. The Labute approximate surface area is 103 Å². The van der Waals surface area contributed by atoms with Gasteiger partial charge < -0.3 is 10.1 Å². The van der Waals surface area contributed by atoms with Crippen molar-refractivity contribution in [3.05, 3.63) is 18.0 Å². The lowest BCUT2D eigenvalue weighted by molar-refractivity contribution is -0.0254. The number of nitrogens with zero attached hydrogens (tertiary/aromatic N) is 3. The molecule has 0 saturated carbocycles. The number of hydrogen-bond acceptors (Lipinski definition) is 4. The third-order valence-corrected chi connectivity index (χ3v) is 3.27. The van der Waals surface area contributed by atoms with Crippen LogP contribution in [-0.2, 0) is 18.3 Å². The molecule has 96 valence electrons. The highest BCUT2D eigenvalue weighted by Gasteiger charge is 2.18. The minimum atomic E-state index is 0.317. The molecule has 1 aromatic heterocycles. The van der Waals surface area contributed by atoms with Gasteiger partial charge in [-0.25, -0.2) is 0 Å². The third kappa shape index (κ3) is 3.52. The fraction of sp³-hybridized carbons (Fsp3) is 0.750. The molecule has 1 aliphatic heterocycles. The maximum absolute atomic E-state index is 5.73. The van der Waals surface area contributed by atoms with Crippen molar-refractivity contribution < 1.29 is 4.74 Å². The Balaban J connectivity index is 1.70. The Morgan fingerprint density at radius 1 is 1.59 bits per heavy atom. The first-order chi connectivity index (χ1) is 8.29. The molecule has 1 aromatic rings. The summed E-state index contributed by atoms with van der Waals surface area (Å²) in [4.78, 5) is 2.43. The SMILES string of the molecule is CCN1CCOC(CNCc2ccnn2C)C1. The largest absolute Gasteiger partial charge is 0.374 e. The molecule has 1 atom stereocenters. The summed E-state index contributed by atoms with van der Waals surface area (Å²) in [5.74, 6) is 0. The van der Waals surface area contributed by atoms with E-state index in [2.05, 4.69) is 22.2 Å². The van der Waals surface area contributed by atoms with Crippen LogP contribution in [0.5, 0.6) is 0 Å². The molecule has 0 spiro atoms. The Kier molecular flexibility index (Phi) is 4.53. The van der Waals surface area contributed by atoms with Gasteiger partial charge in [0, 0.05) is 39.4 Å². The van der Waals surface area contributed by atoms with E-state index in [4.69, 9.17) is 4.74 Å². The van der Waals surface area contributed by atoms with Gasteiger partial charge in [-0.05, 0) is 12.6 Å².